The molecule has 314 valence electrons. The molecule has 2 aromatic carbocycles. The predicted molar refractivity (Wildman–Crippen MR) is 215 cm³/mol. The number of hydrogen-bond donors (Lipinski definition) is 5. The van der Waals surface area contributed by atoms with Crippen LogP contribution >= 0.6 is 0 Å². The van der Waals surface area contributed by atoms with Gasteiger partial charge >= 0.3 is 11.8 Å². The second-order valence-electron chi connectivity index (χ2n) is 15.3. The minimum Gasteiger partial charge on any atom is -0.507 e. The number of esters is 1. The summed E-state index contributed by atoms with van der Waals surface area (Å²) >= 11 is 0. The summed E-state index contributed by atoms with van der Waals surface area (Å²) in [6.45, 7) is 18.0. The fraction of sp³-hybridized carbons (Fsp3) is 0.558. The van der Waals surface area contributed by atoms with Crippen LogP contribution in [0.25, 0.3) is 10.8 Å². The lowest BCUT2D eigenvalue weighted by molar-refractivity contribution is -0.160. The maximum atomic E-state index is 14.5. The molecule has 0 aliphatic carbocycles. The molecule has 14 nitrogen and oxygen atoms in total. The highest BCUT2D eigenvalue weighted by Crippen LogP contribution is 2.55. The predicted octanol–water partition coefficient (Wildman–Crippen LogP) is 5.90. The summed E-state index contributed by atoms with van der Waals surface area (Å²) in [5.41, 5.74) is 0.653. The van der Waals surface area contributed by atoms with Crippen molar-refractivity contribution < 1.29 is 58.5 Å². The monoisotopic (exact) mass is 796 g/mol. The number of rotatable bonds is 7. The van der Waals surface area contributed by atoms with Crippen molar-refractivity contribution in [3.8, 4) is 23.0 Å². The number of allylic oxidation sites excluding steroid dienone is 2. The summed E-state index contributed by atoms with van der Waals surface area (Å²) in [4.78, 5) is 42.6. The normalized spacial score (nSPS) is 28.6. The number of phenols is 2. The Hall–Kier alpha value is -4.63. The fourth-order valence-electron chi connectivity index (χ4n) is 7.85. The lowest BCUT2D eigenvalue weighted by Crippen LogP contribution is -2.46. The molecule has 0 spiro atoms. The van der Waals surface area contributed by atoms with Gasteiger partial charge in [-0.3, -0.25) is 19.3 Å². The molecule has 3 aliphatic heterocycles. The largest absolute Gasteiger partial charge is 0.507 e. The third kappa shape index (κ3) is 8.79. The van der Waals surface area contributed by atoms with Crippen molar-refractivity contribution in [2.24, 2.45) is 23.7 Å². The lowest BCUT2D eigenvalue weighted by atomic mass is 9.78. The first kappa shape index (κ1) is 45.1. The SMILES string of the molecule is CCN(CC)Cc1c2c(O)c3c(OC)c(C)c4c(c3c1O)C(=O)C(C)(OC=CC(OC)C(C)C(OC(C)=O)C(C)C(O)C(C)C(O)C(C)C=CC=C(C)C(=O)N2)O4. The lowest BCUT2D eigenvalue weighted by Gasteiger charge is -2.38. The van der Waals surface area contributed by atoms with E-state index in [-0.39, 0.29) is 57.0 Å². The Morgan fingerprint density at radius 1 is 0.947 bits per heavy atom. The Labute approximate surface area is 335 Å². The molecule has 14 heteroatoms. The van der Waals surface area contributed by atoms with Gasteiger partial charge in [-0.2, -0.15) is 0 Å². The molecule has 5 bridgehead atoms. The number of ketones is 1. The molecular weight excluding hydrogens is 736 g/mol. The van der Waals surface area contributed by atoms with Crippen molar-refractivity contribution in [1.82, 2.24) is 4.90 Å². The number of carbonyl (C=O) groups excluding carboxylic acids is 3. The van der Waals surface area contributed by atoms with Crippen LogP contribution in [0.3, 0.4) is 0 Å². The molecule has 5 N–H and O–H groups in total. The van der Waals surface area contributed by atoms with E-state index in [4.69, 9.17) is 23.7 Å². The molecule has 1 amide bonds. The zero-order chi connectivity index (χ0) is 42.7. The summed E-state index contributed by atoms with van der Waals surface area (Å²) in [6.07, 6.45) is 3.89. The van der Waals surface area contributed by atoms with Gasteiger partial charge in [0, 0.05) is 73.3 Å². The Balaban J connectivity index is 2.00. The Bertz CT molecular complexity index is 1930. The van der Waals surface area contributed by atoms with E-state index >= 15 is 0 Å². The number of ether oxygens (including phenoxy) is 5. The number of amides is 1. The second-order valence-corrected chi connectivity index (χ2v) is 15.3. The summed E-state index contributed by atoms with van der Waals surface area (Å²) in [7, 11) is 2.84. The maximum absolute atomic E-state index is 14.5. The first-order valence-electron chi connectivity index (χ1n) is 19.4. The number of benzene rings is 2. The molecule has 0 fully saturated rings. The summed E-state index contributed by atoms with van der Waals surface area (Å²) in [6, 6.07) is 0. The van der Waals surface area contributed by atoms with Crippen LogP contribution in [0.1, 0.15) is 83.8 Å². The zero-order valence-corrected chi connectivity index (χ0v) is 35.1. The van der Waals surface area contributed by atoms with Gasteiger partial charge in [-0.05, 0) is 33.0 Å². The average molecular weight is 797 g/mol. The molecule has 2 aromatic rings. The topological polar surface area (TPSA) is 194 Å². The van der Waals surface area contributed by atoms with Crippen LogP contribution in [0.15, 0.2) is 36.1 Å². The minimum atomic E-state index is -1.96. The molecule has 5 rings (SSSR count). The van der Waals surface area contributed by atoms with Gasteiger partial charge in [-0.1, -0.05) is 59.8 Å². The number of hydrogen-bond acceptors (Lipinski definition) is 13. The zero-order valence-electron chi connectivity index (χ0n) is 35.1. The van der Waals surface area contributed by atoms with Crippen LogP contribution < -0.4 is 14.8 Å². The molecule has 0 radical (unpaired) electrons. The number of nitrogens with zero attached hydrogens (tertiary/aromatic N) is 1. The minimum absolute atomic E-state index is 0.00408. The fourth-order valence-corrected chi connectivity index (χ4v) is 7.85. The van der Waals surface area contributed by atoms with E-state index in [2.05, 4.69) is 5.32 Å². The van der Waals surface area contributed by atoms with Crippen molar-refractivity contribution >= 4 is 34.1 Å². The molecule has 0 saturated heterocycles. The van der Waals surface area contributed by atoms with Crippen LogP contribution in [0.2, 0.25) is 0 Å². The van der Waals surface area contributed by atoms with Crippen LogP contribution in [0, 0.1) is 30.6 Å². The number of anilines is 1. The van der Waals surface area contributed by atoms with E-state index in [1.807, 2.05) is 18.7 Å². The van der Waals surface area contributed by atoms with Crippen molar-refractivity contribution in [3.05, 3.63) is 52.8 Å². The third-order valence-corrected chi connectivity index (χ3v) is 11.6. The first-order chi connectivity index (χ1) is 26.8. The third-order valence-electron chi connectivity index (χ3n) is 11.6. The Morgan fingerprint density at radius 3 is 2.18 bits per heavy atom. The molecule has 9 unspecified atom stereocenters. The van der Waals surface area contributed by atoms with Gasteiger partial charge in [0.05, 0.1) is 48.3 Å². The average Bonchev–Trinajstić information content (AvgIpc) is 3.44. The van der Waals surface area contributed by atoms with E-state index in [0.717, 1.165) is 0 Å². The van der Waals surface area contributed by atoms with Gasteiger partial charge in [-0.15, -0.1) is 0 Å². The summed E-state index contributed by atoms with van der Waals surface area (Å²) in [5.74, 6) is -6.72. The van der Waals surface area contributed by atoms with Crippen LogP contribution in [-0.4, -0.2) is 100 Å². The van der Waals surface area contributed by atoms with E-state index in [0.29, 0.717) is 18.7 Å². The highest BCUT2D eigenvalue weighted by Gasteiger charge is 2.50. The van der Waals surface area contributed by atoms with Crippen LogP contribution in [0.4, 0.5) is 5.69 Å². The van der Waals surface area contributed by atoms with Crippen molar-refractivity contribution in [1.29, 1.82) is 0 Å². The second kappa shape index (κ2) is 18.3. The van der Waals surface area contributed by atoms with Gasteiger partial charge in [-0.25, -0.2) is 0 Å². The standard InChI is InChI=1S/C43H60N2O12/c1-13-45(14-2)20-28-33-37(50)31-30(36(28)49)32-40(26(8)39(31)54-12)57-43(10,41(32)51)55-19-18-29(53-11)23(5)38(56-27(9)46)25(7)35(48)24(6)34(47)21(3)16-15-17-22(4)42(52)44-33/h15-19,21,23-25,29,34-35,38,47-50H,13-14,20H2,1-12H3,(H,44,52). The van der Waals surface area contributed by atoms with Gasteiger partial charge in [0.25, 0.3) is 11.7 Å². The number of carbonyl (C=O) groups is 3. The molecule has 0 saturated carbocycles. The van der Waals surface area contributed by atoms with Gasteiger partial charge in [0.15, 0.2) is 5.75 Å². The van der Waals surface area contributed by atoms with Crippen LogP contribution in [0.5, 0.6) is 23.0 Å². The van der Waals surface area contributed by atoms with Gasteiger partial charge in [0.1, 0.15) is 23.4 Å². The summed E-state index contributed by atoms with van der Waals surface area (Å²) < 4.78 is 29.6. The molecule has 9 atom stereocenters. The van der Waals surface area contributed by atoms with Gasteiger partial charge in [0.2, 0.25) is 0 Å². The number of Topliss-reactive ketones (excluding diaryl/α,β-unsaturated/α-hetero) is 1. The highest BCUT2D eigenvalue weighted by molar-refractivity contribution is 6.22. The van der Waals surface area contributed by atoms with E-state index in [9.17, 15) is 34.8 Å². The Kier molecular flexibility index (Phi) is 14.5. The number of aliphatic hydroxyl groups excluding tert-OH is 2. The van der Waals surface area contributed by atoms with Crippen molar-refractivity contribution in [3.63, 3.8) is 0 Å². The molecule has 0 aromatic heterocycles. The molecular formula is C43H60N2O12. The van der Waals surface area contributed by atoms with Crippen molar-refractivity contribution in [2.45, 2.75) is 106 Å². The smallest absolute Gasteiger partial charge is 0.312 e. The van der Waals surface area contributed by atoms with Crippen molar-refractivity contribution in [2.75, 3.05) is 32.6 Å². The maximum Gasteiger partial charge on any atom is 0.312 e. The number of phenolic OH excluding ortho intramolecular Hbond substituents is 2. The summed E-state index contributed by atoms with van der Waals surface area (Å²) in [5, 5.41) is 49.9. The van der Waals surface area contributed by atoms with E-state index < -0.39 is 77.3 Å². The number of nitrogens with one attached hydrogen (secondary N) is 1. The molecule has 3 aliphatic rings. The molecule has 57 heavy (non-hydrogen) atoms. The van der Waals surface area contributed by atoms with Crippen LogP contribution in [-0.2, 0) is 30.3 Å². The Morgan fingerprint density at radius 2 is 1.60 bits per heavy atom. The molecule has 3 heterocycles. The number of fused-ring (bicyclic) bond motifs is 14. The highest BCUT2D eigenvalue weighted by atomic mass is 16.7. The van der Waals surface area contributed by atoms with E-state index in [1.165, 1.54) is 40.4 Å². The number of methoxy groups -OCH3 is 2. The van der Waals surface area contributed by atoms with E-state index in [1.54, 1.807) is 59.8 Å². The number of aromatic hydroxyl groups is 2. The quantitative estimate of drug-likeness (QED) is 0.127. The van der Waals surface area contributed by atoms with Gasteiger partial charge < -0.3 is 49.4 Å². The first-order valence-corrected chi connectivity index (χ1v) is 19.4. The number of aliphatic hydroxyl groups is 2.